The number of rotatable bonds is 3. The molecule has 6 heteroatoms. The van der Waals surface area contributed by atoms with Crippen LogP contribution in [0.1, 0.15) is 17.4 Å². The van der Waals surface area contributed by atoms with E-state index in [-0.39, 0.29) is 12.1 Å². The molecule has 0 radical (unpaired) electrons. The van der Waals surface area contributed by atoms with E-state index in [1.54, 1.807) is 6.20 Å². The molecule has 1 saturated heterocycles. The summed E-state index contributed by atoms with van der Waals surface area (Å²) in [6.45, 7) is 2.76. The highest BCUT2D eigenvalue weighted by Crippen LogP contribution is 2.20. The number of imidazole rings is 1. The number of aromatic nitrogens is 2. The van der Waals surface area contributed by atoms with E-state index in [4.69, 9.17) is 0 Å². The minimum Gasteiger partial charge on any atom is -0.347 e. The van der Waals surface area contributed by atoms with Crippen molar-refractivity contribution in [2.45, 2.75) is 12.6 Å². The first-order chi connectivity index (χ1) is 10.7. The second kappa shape index (κ2) is 6.62. The quantitative estimate of drug-likeness (QED) is 0.905. The Morgan fingerprint density at radius 1 is 1.36 bits per heavy atom. The fourth-order valence-electron chi connectivity index (χ4n) is 2.70. The summed E-state index contributed by atoms with van der Waals surface area (Å²) in [6.07, 6.45) is 3.56. The molecule has 2 N–H and O–H groups in total. The number of H-pyrrole nitrogens is 1. The standard InChI is InChI=1S/C16H21N5O/c1-20-9-10-21(12-14(20)15-17-7-8-18-15)16(22)19-11-13-5-3-2-4-6-13/h2-8,14H,9-12H2,1H3,(H,17,18)(H,19,22). The van der Waals surface area contributed by atoms with Crippen molar-refractivity contribution in [3.05, 3.63) is 54.1 Å². The lowest BCUT2D eigenvalue weighted by atomic mass is 10.1. The van der Waals surface area contributed by atoms with E-state index in [0.717, 1.165) is 24.5 Å². The third-order valence-electron chi connectivity index (χ3n) is 4.06. The Bertz CT molecular complexity index is 598. The summed E-state index contributed by atoms with van der Waals surface area (Å²) in [5, 5.41) is 2.99. The smallest absolute Gasteiger partial charge is 0.317 e. The molecule has 6 nitrogen and oxygen atoms in total. The number of likely N-dealkylation sites (N-methyl/N-ethyl adjacent to an activating group) is 1. The Morgan fingerprint density at radius 2 is 2.18 bits per heavy atom. The van der Waals surface area contributed by atoms with Crippen LogP contribution >= 0.6 is 0 Å². The van der Waals surface area contributed by atoms with Gasteiger partial charge in [0.1, 0.15) is 5.82 Å². The molecule has 2 amide bonds. The van der Waals surface area contributed by atoms with Gasteiger partial charge in [-0.1, -0.05) is 30.3 Å². The van der Waals surface area contributed by atoms with Crippen LogP contribution in [-0.2, 0) is 6.54 Å². The Labute approximate surface area is 130 Å². The Kier molecular flexibility index (Phi) is 4.39. The van der Waals surface area contributed by atoms with Gasteiger partial charge in [-0.15, -0.1) is 0 Å². The first-order valence-corrected chi connectivity index (χ1v) is 7.50. The third-order valence-corrected chi connectivity index (χ3v) is 4.06. The first-order valence-electron chi connectivity index (χ1n) is 7.50. The average Bonchev–Trinajstić information content (AvgIpc) is 3.08. The summed E-state index contributed by atoms with van der Waals surface area (Å²) in [5.74, 6) is 0.906. The number of nitrogens with zero attached hydrogens (tertiary/aromatic N) is 3. The molecule has 1 fully saturated rings. The van der Waals surface area contributed by atoms with Crippen LogP contribution < -0.4 is 5.32 Å². The number of hydrogen-bond donors (Lipinski definition) is 2. The molecule has 1 aliphatic rings. The lowest BCUT2D eigenvalue weighted by Crippen LogP contribution is -2.52. The van der Waals surface area contributed by atoms with Crippen molar-refractivity contribution < 1.29 is 4.79 Å². The number of piperazine rings is 1. The highest BCUT2D eigenvalue weighted by atomic mass is 16.2. The Morgan fingerprint density at radius 3 is 2.91 bits per heavy atom. The van der Waals surface area contributed by atoms with Crippen molar-refractivity contribution in [3.8, 4) is 0 Å². The molecule has 1 aromatic heterocycles. The van der Waals surface area contributed by atoms with Crippen molar-refractivity contribution in [2.24, 2.45) is 0 Å². The number of amides is 2. The molecule has 3 rings (SSSR count). The highest BCUT2D eigenvalue weighted by molar-refractivity contribution is 5.74. The molecule has 22 heavy (non-hydrogen) atoms. The predicted octanol–water partition coefficient (Wildman–Crippen LogP) is 1.61. The fraction of sp³-hybridized carbons (Fsp3) is 0.375. The van der Waals surface area contributed by atoms with Crippen LogP contribution in [0.5, 0.6) is 0 Å². The number of hydrogen-bond acceptors (Lipinski definition) is 3. The zero-order valence-corrected chi connectivity index (χ0v) is 12.7. The average molecular weight is 299 g/mol. The minimum atomic E-state index is -0.0199. The van der Waals surface area contributed by atoms with Crippen molar-refractivity contribution in [1.82, 2.24) is 25.1 Å². The maximum absolute atomic E-state index is 12.4. The van der Waals surface area contributed by atoms with E-state index in [1.165, 1.54) is 0 Å². The van der Waals surface area contributed by atoms with E-state index in [0.29, 0.717) is 13.1 Å². The molecule has 2 aromatic rings. The van der Waals surface area contributed by atoms with E-state index in [9.17, 15) is 4.79 Å². The van der Waals surface area contributed by atoms with Gasteiger partial charge in [-0.05, 0) is 12.6 Å². The monoisotopic (exact) mass is 299 g/mol. The molecular weight excluding hydrogens is 278 g/mol. The van der Waals surface area contributed by atoms with Crippen LogP contribution in [0, 0.1) is 0 Å². The number of nitrogens with one attached hydrogen (secondary N) is 2. The second-order valence-corrected chi connectivity index (χ2v) is 5.56. The SMILES string of the molecule is CN1CCN(C(=O)NCc2ccccc2)CC1c1ncc[nH]1. The summed E-state index contributed by atoms with van der Waals surface area (Å²) >= 11 is 0. The Balaban J connectivity index is 1.58. The largest absolute Gasteiger partial charge is 0.347 e. The summed E-state index contributed by atoms with van der Waals surface area (Å²) in [4.78, 5) is 23.9. The van der Waals surface area contributed by atoms with Gasteiger partial charge in [0.2, 0.25) is 0 Å². The zero-order valence-electron chi connectivity index (χ0n) is 12.7. The number of urea groups is 1. The lowest BCUT2D eigenvalue weighted by molar-refractivity contribution is 0.106. The van der Waals surface area contributed by atoms with E-state index in [2.05, 4.69) is 27.2 Å². The van der Waals surface area contributed by atoms with Crippen molar-refractivity contribution in [3.63, 3.8) is 0 Å². The predicted molar refractivity (Wildman–Crippen MR) is 84.2 cm³/mol. The van der Waals surface area contributed by atoms with Crippen LogP contribution in [-0.4, -0.2) is 52.5 Å². The zero-order chi connectivity index (χ0) is 15.4. The topological polar surface area (TPSA) is 64.3 Å². The van der Waals surface area contributed by atoms with Crippen molar-refractivity contribution in [2.75, 3.05) is 26.7 Å². The first kappa shape index (κ1) is 14.6. The van der Waals surface area contributed by atoms with Gasteiger partial charge in [0.05, 0.1) is 6.04 Å². The van der Waals surface area contributed by atoms with Gasteiger partial charge < -0.3 is 15.2 Å². The van der Waals surface area contributed by atoms with Crippen LogP contribution in [0.4, 0.5) is 4.79 Å². The molecule has 0 spiro atoms. The Hall–Kier alpha value is -2.34. The summed E-state index contributed by atoms with van der Waals surface area (Å²) in [7, 11) is 2.06. The molecule has 1 atom stereocenters. The molecule has 0 bridgehead atoms. The molecule has 2 heterocycles. The summed E-state index contributed by atoms with van der Waals surface area (Å²) < 4.78 is 0. The van der Waals surface area contributed by atoms with Crippen LogP contribution in [0.25, 0.3) is 0 Å². The van der Waals surface area contributed by atoms with Crippen molar-refractivity contribution >= 4 is 6.03 Å². The van der Waals surface area contributed by atoms with E-state index < -0.39 is 0 Å². The normalized spacial score (nSPS) is 19.1. The van der Waals surface area contributed by atoms with Gasteiger partial charge in [-0.25, -0.2) is 9.78 Å². The van der Waals surface area contributed by atoms with Gasteiger partial charge >= 0.3 is 6.03 Å². The van der Waals surface area contributed by atoms with Gasteiger partial charge in [-0.3, -0.25) is 4.90 Å². The van der Waals surface area contributed by atoms with Gasteiger partial charge in [-0.2, -0.15) is 0 Å². The van der Waals surface area contributed by atoms with E-state index in [1.807, 2.05) is 41.4 Å². The highest BCUT2D eigenvalue weighted by Gasteiger charge is 2.29. The maximum Gasteiger partial charge on any atom is 0.317 e. The number of carbonyl (C=O) groups excluding carboxylic acids is 1. The number of benzene rings is 1. The molecule has 1 unspecified atom stereocenters. The molecule has 116 valence electrons. The van der Waals surface area contributed by atoms with E-state index >= 15 is 0 Å². The van der Waals surface area contributed by atoms with Crippen LogP contribution in [0.15, 0.2) is 42.7 Å². The van der Waals surface area contributed by atoms with Crippen molar-refractivity contribution in [1.29, 1.82) is 0 Å². The number of aromatic amines is 1. The summed E-state index contributed by atoms with van der Waals surface area (Å²) in [5.41, 5.74) is 1.10. The molecular formula is C16H21N5O. The van der Waals surface area contributed by atoms with Gasteiger partial charge in [0.25, 0.3) is 0 Å². The lowest BCUT2D eigenvalue weighted by Gasteiger charge is -2.38. The summed E-state index contributed by atoms with van der Waals surface area (Å²) in [6, 6.07) is 10.0. The molecule has 1 aromatic carbocycles. The minimum absolute atomic E-state index is 0.0199. The van der Waals surface area contributed by atoms with Crippen LogP contribution in [0.2, 0.25) is 0 Å². The third kappa shape index (κ3) is 3.28. The van der Waals surface area contributed by atoms with Crippen LogP contribution in [0.3, 0.4) is 0 Å². The molecule has 0 saturated carbocycles. The second-order valence-electron chi connectivity index (χ2n) is 5.56. The molecule has 1 aliphatic heterocycles. The van der Waals surface area contributed by atoms with Gasteiger partial charge in [0, 0.05) is 38.6 Å². The maximum atomic E-state index is 12.4. The molecule has 0 aliphatic carbocycles. The van der Waals surface area contributed by atoms with Gasteiger partial charge in [0.15, 0.2) is 0 Å². The number of carbonyl (C=O) groups is 1. The fourth-order valence-corrected chi connectivity index (χ4v) is 2.70.